The number of hydrogen-bond acceptors (Lipinski definition) is 2. The van der Waals surface area contributed by atoms with Crippen LogP contribution in [0.25, 0.3) is 0 Å². The second kappa shape index (κ2) is 6.85. The first-order valence-corrected chi connectivity index (χ1v) is 8.67. The van der Waals surface area contributed by atoms with Gasteiger partial charge < -0.3 is 5.32 Å². The number of carbonyl (C=O) groups is 1. The lowest BCUT2D eigenvalue weighted by Gasteiger charge is -2.11. The van der Waals surface area contributed by atoms with Crippen molar-refractivity contribution in [3.8, 4) is 0 Å². The van der Waals surface area contributed by atoms with Gasteiger partial charge in [-0.2, -0.15) is 0 Å². The van der Waals surface area contributed by atoms with Crippen LogP contribution in [-0.2, 0) is 0 Å². The number of halogens is 4. The SMILES string of the molecule is O=C(Nc1c(I)cc(I)cc1I)c1cccnc1Cl. The maximum atomic E-state index is 12.2. The molecule has 0 unspecified atom stereocenters. The molecular formula is C12H6ClI3N2O. The van der Waals surface area contributed by atoms with Crippen LogP contribution in [-0.4, -0.2) is 10.9 Å². The largest absolute Gasteiger partial charge is 0.320 e. The molecule has 0 aliphatic rings. The quantitative estimate of drug-likeness (QED) is 0.393. The van der Waals surface area contributed by atoms with Crippen molar-refractivity contribution in [3.05, 3.63) is 51.9 Å². The molecule has 0 fully saturated rings. The van der Waals surface area contributed by atoms with Crippen LogP contribution in [0.1, 0.15) is 10.4 Å². The van der Waals surface area contributed by atoms with Gasteiger partial charge in [0.25, 0.3) is 5.91 Å². The molecule has 0 saturated heterocycles. The molecule has 7 heteroatoms. The molecule has 0 radical (unpaired) electrons. The summed E-state index contributed by atoms with van der Waals surface area (Å²) in [5, 5.41) is 3.09. The van der Waals surface area contributed by atoms with E-state index in [1.165, 1.54) is 0 Å². The first kappa shape index (κ1) is 15.7. The average Bonchev–Trinajstić information content (AvgIpc) is 2.34. The standard InChI is InChI=1S/C12H6ClI3N2O/c13-11-7(2-1-3-17-11)12(19)18-10-8(15)4-6(14)5-9(10)16/h1-5H,(H,18,19). The van der Waals surface area contributed by atoms with Gasteiger partial charge in [-0.1, -0.05) is 11.6 Å². The lowest BCUT2D eigenvalue weighted by Crippen LogP contribution is -2.15. The molecule has 1 N–H and O–H groups in total. The van der Waals surface area contributed by atoms with Crippen molar-refractivity contribution in [3.63, 3.8) is 0 Å². The van der Waals surface area contributed by atoms with Crippen LogP contribution >= 0.6 is 79.4 Å². The molecule has 1 aromatic carbocycles. The number of amides is 1. The number of aromatic nitrogens is 1. The zero-order valence-electron chi connectivity index (χ0n) is 9.25. The molecular weight excluding hydrogens is 604 g/mol. The molecule has 3 nitrogen and oxygen atoms in total. The normalized spacial score (nSPS) is 10.3. The van der Waals surface area contributed by atoms with Crippen LogP contribution in [0.15, 0.2) is 30.5 Å². The van der Waals surface area contributed by atoms with Crippen molar-refractivity contribution in [1.82, 2.24) is 4.98 Å². The second-order valence-electron chi connectivity index (χ2n) is 3.54. The van der Waals surface area contributed by atoms with E-state index < -0.39 is 0 Å². The number of hydrogen-bond donors (Lipinski definition) is 1. The number of carbonyl (C=O) groups excluding carboxylic acids is 1. The van der Waals surface area contributed by atoms with E-state index in [1.807, 2.05) is 12.1 Å². The number of nitrogens with one attached hydrogen (secondary N) is 1. The molecule has 1 aromatic heterocycles. The van der Waals surface area contributed by atoms with Crippen LogP contribution in [0.5, 0.6) is 0 Å². The first-order valence-electron chi connectivity index (χ1n) is 5.05. The molecule has 0 saturated carbocycles. The third-order valence-corrected chi connectivity index (χ3v) is 4.87. The van der Waals surface area contributed by atoms with E-state index in [1.54, 1.807) is 18.3 Å². The highest BCUT2D eigenvalue weighted by molar-refractivity contribution is 14.1. The third kappa shape index (κ3) is 3.91. The van der Waals surface area contributed by atoms with Crippen molar-refractivity contribution in [1.29, 1.82) is 0 Å². The van der Waals surface area contributed by atoms with E-state index in [0.29, 0.717) is 5.56 Å². The van der Waals surface area contributed by atoms with Crippen LogP contribution in [0.4, 0.5) is 5.69 Å². The van der Waals surface area contributed by atoms with E-state index in [-0.39, 0.29) is 11.1 Å². The molecule has 2 rings (SSSR count). The minimum atomic E-state index is -0.254. The monoisotopic (exact) mass is 610 g/mol. The third-order valence-electron chi connectivity index (χ3n) is 2.25. The highest BCUT2D eigenvalue weighted by Gasteiger charge is 2.14. The summed E-state index contributed by atoms with van der Waals surface area (Å²) in [6, 6.07) is 7.34. The van der Waals surface area contributed by atoms with Crippen molar-refractivity contribution in [2.75, 3.05) is 5.32 Å². The Hall–Kier alpha value is 0.320. The number of nitrogens with zero attached hydrogens (tertiary/aromatic N) is 1. The smallest absolute Gasteiger partial charge is 0.258 e. The predicted octanol–water partition coefficient (Wildman–Crippen LogP) is 4.80. The van der Waals surface area contributed by atoms with Crippen molar-refractivity contribution >= 4 is 91.0 Å². The van der Waals surface area contributed by atoms with Crippen LogP contribution in [0, 0.1) is 10.7 Å². The van der Waals surface area contributed by atoms with E-state index in [2.05, 4.69) is 78.1 Å². The van der Waals surface area contributed by atoms with Crippen LogP contribution in [0.2, 0.25) is 5.15 Å². The zero-order chi connectivity index (χ0) is 14.0. The molecule has 1 amide bonds. The maximum Gasteiger partial charge on any atom is 0.258 e. The zero-order valence-corrected chi connectivity index (χ0v) is 16.5. The summed E-state index contributed by atoms with van der Waals surface area (Å²) in [6.45, 7) is 0. The highest BCUT2D eigenvalue weighted by atomic mass is 127. The van der Waals surface area contributed by atoms with Gasteiger partial charge >= 0.3 is 0 Å². The van der Waals surface area contributed by atoms with Crippen LogP contribution in [0.3, 0.4) is 0 Å². The lowest BCUT2D eigenvalue weighted by atomic mass is 10.2. The van der Waals surface area contributed by atoms with Gasteiger partial charge in [0.1, 0.15) is 5.15 Å². The second-order valence-corrected chi connectivity index (χ2v) is 7.47. The Labute approximate surface area is 156 Å². The average molecular weight is 610 g/mol. The molecule has 0 bridgehead atoms. The summed E-state index contributed by atoms with van der Waals surface area (Å²) in [4.78, 5) is 16.1. The topological polar surface area (TPSA) is 42.0 Å². The van der Waals surface area contributed by atoms with Gasteiger partial charge in [0, 0.05) is 16.9 Å². The molecule has 19 heavy (non-hydrogen) atoms. The molecule has 98 valence electrons. The van der Waals surface area contributed by atoms with E-state index in [9.17, 15) is 4.79 Å². The molecule has 0 spiro atoms. The Balaban J connectivity index is 2.32. The van der Waals surface area contributed by atoms with E-state index >= 15 is 0 Å². The van der Waals surface area contributed by atoms with Crippen molar-refractivity contribution < 1.29 is 4.79 Å². The number of pyridine rings is 1. The fourth-order valence-corrected chi connectivity index (χ4v) is 5.46. The summed E-state index contributed by atoms with van der Waals surface area (Å²) < 4.78 is 3.10. The summed E-state index contributed by atoms with van der Waals surface area (Å²) in [5.74, 6) is -0.254. The van der Waals surface area contributed by atoms with E-state index in [4.69, 9.17) is 11.6 Å². The highest BCUT2D eigenvalue weighted by Crippen LogP contribution is 2.28. The Morgan fingerprint density at radius 3 is 2.42 bits per heavy atom. The molecule has 1 heterocycles. The molecule has 2 aromatic rings. The summed E-state index contributed by atoms with van der Waals surface area (Å²) in [5.41, 5.74) is 1.17. The molecule has 0 aliphatic heterocycles. The van der Waals surface area contributed by atoms with E-state index in [0.717, 1.165) is 16.4 Å². The Morgan fingerprint density at radius 1 is 1.21 bits per heavy atom. The van der Waals surface area contributed by atoms with Crippen molar-refractivity contribution in [2.24, 2.45) is 0 Å². The minimum absolute atomic E-state index is 0.204. The summed E-state index contributed by atoms with van der Waals surface area (Å²) in [7, 11) is 0. The van der Waals surface area contributed by atoms with Gasteiger partial charge in [-0.05, 0) is 92.0 Å². The minimum Gasteiger partial charge on any atom is -0.320 e. The van der Waals surface area contributed by atoms with Gasteiger partial charge in [0.05, 0.1) is 11.3 Å². The summed E-state index contributed by atoms with van der Waals surface area (Å²) >= 11 is 12.6. The molecule has 0 aliphatic carbocycles. The molecule has 0 atom stereocenters. The van der Waals surface area contributed by atoms with Gasteiger partial charge in [0.15, 0.2) is 0 Å². The van der Waals surface area contributed by atoms with Gasteiger partial charge in [0.2, 0.25) is 0 Å². The summed E-state index contributed by atoms with van der Waals surface area (Å²) in [6.07, 6.45) is 1.55. The lowest BCUT2D eigenvalue weighted by molar-refractivity contribution is 0.102. The Kier molecular flexibility index (Phi) is 5.66. The van der Waals surface area contributed by atoms with Crippen LogP contribution < -0.4 is 5.32 Å². The fourth-order valence-electron chi connectivity index (χ4n) is 1.40. The van der Waals surface area contributed by atoms with Gasteiger partial charge in [-0.25, -0.2) is 4.98 Å². The van der Waals surface area contributed by atoms with Gasteiger partial charge in [-0.15, -0.1) is 0 Å². The van der Waals surface area contributed by atoms with Crippen molar-refractivity contribution in [2.45, 2.75) is 0 Å². The first-order chi connectivity index (χ1) is 8.99. The number of anilines is 1. The maximum absolute atomic E-state index is 12.2. The Bertz CT molecular complexity index is 626. The number of rotatable bonds is 2. The predicted molar refractivity (Wildman–Crippen MR) is 102 cm³/mol. The Morgan fingerprint density at radius 2 is 1.84 bits per heavy atom. The number of benzene rings is 1. The van der Waals surface area contributed by atoms with Gasteiger partial charge in [-0.3, -0.25) is 4.79 Å². The fraction of sp³-hybridized carbons (Fsp3) is 0.